The normalized spacial score (nSPS) is 14.3. The summed E-state index contributed by atoms with van der Waals surface area (Å²) < 4.78 is 13.6. The first kappa shape index (κ1) is 12.6. The summed E-state index contributed by atoms with van der Waals surface area (Å²) in [4.78, 5) is 11.7. The second kappa shape index (κ2) is 5.65. The Labute approximate surface area is 105 Å². The quantitative estimate of drug-likeness (QED) is 0.784. The molecule has 1 aliphatic rings. The summed E-state index contributed by atoms with van der Waals surface area (Å²) in [6.07, 6.45) is 2.91. The van der Waals surface area contributed by atoms with Gasteiger partial charge in [0.25, 0.3) is 0 Å². The Balaban J connectivity index is 2.06. The van der Waals surface area contributed by atoms with Crippen molar-refractivity contribution in [3.05, 3.63) is 29.6 Å². The van der Waals surface area contributed by atoms with Gasteiger partial charge in [0.05, 0.1) is 5.56 Å². The van der Waals surface area contributed by atoms with Gasteiger partial charge < -0.3 is 10.4 Å². The zero-order valence-corrected chi connectivity index (χ0v) is 9.87. The Morgan fingerprint density at radius 3 is 2.83 bits per heavy atom. The first-order valence-corrected chi connectivity index (χ1v) is 5.91. The van der Waals surface area contributed by atoms with Crippen molar-refractivity contribution in [2.75, 3.05) is 11.9 Å². The van der Waals surface area contributed by atoms with E-state index in [1.807, 2.05) is 0 Å². The number of benzene rings is 1. The highest BCUT2D eigenvalue weighted by molar-refractivity contribution is 5.93. The minimum Gasteiger partial charge on any atom is -0.384 e. The van der Waals surface area contributed by atoms with Gasteiger partial charge in [-0.1, -0.05) is 18.3 Å². The molecule has 0 aliphatic heterocycles. The maximum atomic E-state index is 13.6. The lowest BCUT2D eigenvalue weighted by atomic mass is 9.85. The molecule has 94 valence electrons. The van der Waals surface area contributed by atoms with E-state index in [4.69, 9.17) is 5.11 Å². The predicted octanol–water partition coefficient (Wildman–Crippen LogP) is 1.91. The van der Waals surface area contributed by atoms with E-state index in [1.54, 1.807) is 6.07 Å². The molecule has 3 nitrogen and oxygen atoms in total. The number of aliphatic hydroxyl groups excluding tert-OH is 1. The van der Waals surface area contributed by atoms with Crippen LogP contribution in [0.15, 0.2) is 18.2 Å². The molecule has 0 radical (unpaired) electrons. The summed E-state index contributed by atoms with van der Waals surface area (Å²) in [5.74, 6) is 4.41. The van der Waals surface area contributed by atoms with Crippen LogP contribution in [0.25, 0.3) is 0 Å². The lowest BCUT2D eigenvalue weighted by Gasteiger charge is -2.24. The van der Waals surface area contributed by atoms with Gasteiger partial charge in [0, 0.05) is 11.6 Å². The molecule has 0 bridgehead atoms. The second-order valence-corrected chi connectivity index (χ2v) is 4.27. The minimum atomic E-state index is -0.498. The lowest BCUT2D eigenvalue weighted by molar-refractivity contribution is -0.122. The zero-order valence-electron chi connectivity index (χ0n) is 9.87. The van der Waals surface area contributed by atoms with Crippen molar-refractivity contribution in [1.82, 2.24) is 0 Å². The number of amides is 1. The number of nitrogens with one attached hydrogen (secondary N) is 1. The minimum absolute atomic E-state index is 0.0464. The number of carbonyl (C=O) groups is 1. The number of aliphatic hydroxyl groups is 1. The molecule has 0 saturated heterocycles. The van der Waals surface area contributed by atoms with E-state index >= 15 is 0 Å². The van der Waals surface area contributed by atoms with Crippen molar-refractivity contribution in [3.63, 3.8) is 0 Å². The molecule has 0 aromatic heterocycles. The fourth-order valence-electron chi connectivity index (χ4n) is 1.74. The van der Waals surface area contributed by atoms with E-state index in [2.05, 4.69) is 17.2 Å². The van der Waals surface area contributed by atoms with Crippen molar-refractivity contribution >= 4 is 11.6 Å². The van der Waals surface area contributed by atoms with E-state index in [-0.39, 0.29) is 24.0 Å². The predicted molar refractivity (Wildman–Crippen MR) is 66.3 cm³/mol. The van der Waals surface area contributed by atoms with Crippen LogP contribution in [0.4, 0.5) is 10.1 Å². The molecular formula is C14H14FNO2. The Bertz CT molecular complexity index is 512. The Kier molecular flexibility index (Phi) is 3.96. The van der Waals surface area contributed by atoms with Gasteiger partial charge in [-0.25, -0.2) is 4.39 Å². The molecule has 1 aromatic rings. The second-order valence-electron chi connectivity index (χ2n) is 4.27. The SMILES string of the molecule is O=C(Nc1ccc(C#CCO)c(F)c1)C1CCC1. The summed E-state index contributed by atoms with van der Waals surface area (Å²) >= 11 is 0. The van der Waals surface area contributed by atoms with Gasteiger partial charge in [-0.15, -0.1) is 0 Å². The van der Waals surface area contributed by atoms with Gasteiger partial charge in [-0.05, 0) is 31.0 Å². The van der Waals surface area contributed by atoms with Crippen molar-refractivity contribution < 1.29 is 14.3 Å². The molecule has 0 spiro atoms. The van der Waals surface area contributed by atoms with Crippen molar-refractivity contribution in [2.45, 2.75) is 19.3 Å². The van der Waals surface area contributed by atoms with E-state index in [0.29, 0.717) is 5.69 Å². The maximum absolute atomic E-state index is 13.6. The monoisotopic (exact) mass is 247 g/mol. The average molecular weight is 247 g/mol. The standard InChI is InChI=1S/C14H14FNO2/c15-13-9-12(7-6-10(13)5-2-8-17)16-14(18)11-3-1-4-11/h6-7,9,11,17H,1,3-4,8H2,(H,16,18). The number of anilines is 1. The smallest absolute Gasteiger partial charge is 0.227 e. The number of hydrogen-bond donors (Lipinski definition) is 2. The van der Waals surface area contributed by atoms with Crippen LogP contribution >= 0.6 is 0 Å². The topological polar surface area (TPSA) is 49.3 Å². The lowest BCUT2D eigenvalue weighted by Crippen LogP contribution is -2.28. The number of rotatable bonds is 2. The Morgan fingerprint density at radius 1 is 1.50 bits per heavy atom. The Hall–Kier alpha value is -1.86. The third-order valence-electron chi connectivity index (χ3n) is 3.01. The number of halogens is 1. The fourth-order valence-corrected chi connectivity index (χ4v) is 1.74. The molecule has 2 rings (SSSR count). The molecule has 1 amide bonds. The summed E-state index contributed by atoms with van der Waals surface area (Å²) in [6.45, 7) is -0.306. The van der Waals surface area contributed by atoms with E-state index in [9.17, 15) is 9.18 Å². The first-order chi connectivity index (χ1) is 8.70. The molecular weight excluding hydrogens is 233 g/mol. The van der Waals surface area contributed by atoms with Crippen LogP contribution in [0.1, 0.15) is 24.8 Å². The van der Waals surface area contributed by atoms with Gasteiger partial charge in [0.2, 0.25) is 5.91 Å². The highest BCUT2D eigenvalue weighted by Gasteiger charge is 2.25. The summed E-state index contributed by atoms with van der Waals surface area (Å²) in [5, 5.41) is 11.2. The molecule has 0 heterocycles. The van der Waals surface area contributed by atoms with Gasteiger partial charge in [0.1, 0.15) is 12.4 Å². The molecule has 18 heavy (non-hydrogen) atoms. The van der Waals surface area contributed by atoms with Crippen molar-refractivity contribution in [2.24, 2.45) is 5.92 Å². The average Bonchev–Trinajstić information content (AvgIpc) is 2.25. The van der Waals surface area contributed by atoms with Crippen LogP contribution in [-0.2, 0) is 4.79 Å². The van der Waals surface area contributed by atoms with Gasteiger partial charge in [-0.2, -0.15) is 0 Å². The molecule has 4 heteroatoms. The summed E-state index contributed by atoms with van der Waals surface area (Å²) in [6, 6.07) is 4.35. The fraction of sp³-hybridized carbons (Fsp3) is 0.357. The van der Waals surface area contributed by atoms with Crippen LogP contribution in [0.3, 0.4) is 0 Å². The molecule has 0 atom stereocenters. The summed E-state index contributed by atoms with van der Waals surface area (Å²) in [5.41, 5.74) is 0.657. The van der Waals surface area contributed by atoms with Gasteiger partial charge >= 0.3 is 0 Å². The summed E-state index contributed by atoms with van der Waals surface area (Å²) in [7, 11) is 0. The molecule has 2 N–H and O–H groups in total. The molecule has 1 aliphatic carbocycles. The largest absolute Gasteiger partial charge is 0.384 e. The highest BCUT2D eigenvalue weighted by atomic mass is 19.1. The third kappa shape index (κ3) is 2.88. The van der Waals surface area contributed by atoms with E-state index < -0.39 is 5.82 Å². The van der Waals surface area contributed by atoms with E-state index in [1.165, 1.54) is 12.1 Å². The van der Waals surface area contributed by atoms with Gasteiger partial charge in [-0.3, -0.25) is 4.79 Å². The van der Waals surface area contributed by atoms with Crippen molar-refractivity contribution in [3.8, 4) is 11.8 Å². The van der Waals surface area contributed by atoms with Crippen LogP contribution in [0.5, 0.6) is 0 Å². The van der Waals surface area contributed by atoms with E-state index in [0.717, 1.165) is 19.3 Å². The number of hydrogen-bond acceptors (Lipinski definition) is 2. The van der Waals surface area contributed by atoms with Crippen LogP contribution in [0.2, 0.25) is 0 Å². The molecule has 1 saturated carbocycles. The number of carbonyl (C=O) groups excluding carboxylic acids is 1. The zero-order chi connectivity index (χ0) is 13.0. The van der Waals surface area contributed by atoms with Crippen LogP contribution in [-0.4, -0.2) is 17.6 Å². The van der Waals surface area contributed by atoms with Crippen LogP contribution < -0.4 is 5.32 Å². The van der Waals surface area contributed by atoms with Crippen molar-refractivity contribution in [1.29, 1.82) is 0 Å². The molecule has 0 unspecified atom stereocenters. The maximum Gasteiger partial charge on any atom is 0.227 e. The highest BCUT2D eigenvalue weighted by Crippen LogP contribution is 2.27. The van der Waals surface area contributed by atoms with Gasteiger partial charge in [0.15, 0.2) is 0 Å². The van der Waals surface area contributed by atoms with Crippen LogP contribution in [0, 0.1) is 23.6 Å². The molecule has 1 fully saturated rings. The Morgan fingerprint density at radius 2 is 2.28 bits per heavy atom. The first-order valence-electron chi connectivity index (χ1n) is 5.91. The molecule has 1 aromatic carbocycles. The third-order valence-corrected chi connectivity index (χ3v) is 3.01.